The molecule has 0 saturated carbocycles. The maximum absolute atomic E-state index is 5.90. The van der Waals surface area contributed by atoms with Crippen molar-refractivity contribution in [2.45, 2.75) is 12.3 Å². The van der Waals surface area contributed by atoms with Crippen LogP contribution < -0.4 is 0 Å². The molecule has 0 amide bonds. The minimum Gasteiger partial charge on any atom is -0.114 e. The zero-order chi connectivity index (χ0) is 7.56. The average molecular weight is 175 g/mol. The van der Waals surface area contributed by atoms with E-state index < -0.39 is 0 Å². The summed E-state index contributed by atoms with van der Waals surface area (Å²) in [6, 6.07) is 0. The molecule has 2 heteroatoms. The Kier molecular flexibility index (Phi) is 2.58. The molecule has 0 radical (unpaired) electrons. The fourth-order valence-corrected chi connectivity index (χ4v) is 1.16. The van der Waals surface area contributed by atoms with Gasteiger partial charge in [0.05, 0.1) is 5.38 Å². The van der Waals surface area contributed by atoms with E-state index in [0.717, 1.165) is 10.6 Å². The first-order chi connectivity index (χ1) is 4.72. The minimum absolute atomic E-state index is 0.0532. The molecule has 0 nitrogen and oxygen atoms in total. The van der Waals surface area contributed by atoms with Gasteiger partial charge in [0.1, 0.15) is 0 Å². The fourth-order valence-electron chi connectivity index (χ4n) is 0.709. The second-order valence-corrected chi connectivity index (χ2v) is 3.05. The molecule has 0 aromatic heterocycles. The highest BCUT2D eigenvalue weighted by atomic mass is 35.5. The van der Waals surface area contributed by atoms with Gasteiger partial charge >= 0.3 is 0 Å². The highest BCUT2D eigenvalue weighted by molar-refractivity contribution is 6.33. The van der Waals surface area contributed by atoms with Crippen LogP contribution in [-0.4, -0.2) is 5.38 Å². The molecule has 1 aliphatic carbocycles. The fraction of sp³-hybridized carbons (Fsp3) is 0.250. The van der Waals surface area contributed by atoms with Crippen molar-refractivity contribution in [3.8, 4) is 0 Å². The van der Waals surface area contributed by atoms with E-state index in [4.69, 9.17) is 23.2 Å². The highest BCUT2D eigenvalue weighted by Crippen LogP contribution is 2.21. The summed E-state index contributed by atoms with van der Waals surface area (Å²) in [6.45, 7) is 1.93. The third-order valence-corrected chi connectivity index (χ3v) is 2.32. The Morgan fingerprint density at radius 3 is 2.80 bits per heavy atom. The molecular formula is C8H8Cl2. The second kappa shape index (κ2) is 3.27. The predicted molar refractivity (Wildman–Crippen MR) is 46.5 cm³/mol. The summed E-state index contributed by atoms with van der Waals surface area (Å²) in [7, 11) is 0. The van der Waals surface area contributed by atoms with E-state index in [-0.39, 0.29) is 5.38 Å². The zero-order valence-electron chi connectivity index (χ0n) is 5.64. The number of halogens is 2. The third kappa shape index (κ3) is 1.65. The van der Waals surface area contributed by atoms with Crippen molar-refractivity contribution in [3.05, 3.63) is 34.9 Å². The monoisotopic (exact) mass is 174 g/mol. The summed E-state index contributed by atoms with van der Waals surface area (Å²) in [4.78, 5) is 0. The van der Waals surface area contributed by atoms with Crippen LogP contribution in [0.15, 0.2) is 34.9 Å². The van der Waals surface area contributed by atoms with Crippen molar-refractivity contribution >= 4 is 23.2 Å². The molecule has 1 atom stereocenters. The molecule has 0 aliphatic heterocycles. The summed E-state index contributed by atoms with van der Waals surface area (Å²) in [5.41, 5.74) is 1.01. The number of hydrogen-bond acceptors (Lipinski definition) is 0. The minimum atomic E-state index is -0.0532. The maximum Gasteiger partial charge on any atom is 0.0743 e. The summed E-state index contributed by atoms with van der Waals surface area (Å²) in [6.07, 6.45) is 7.53. The van der Waals surface area contributed by atoms with Crippen LogP contribution >= 0.6 is 23.2 Å². The Morgan fingerprint density at radius 2 is 2.10 bits per heavy atom. The van der Waals surface area contributed by atoms with E-state index in [1.165, 1.54) is 0 Å². The van der Waals surface area contributed by atoms with E-state index >= 15 is 0 Å². The Bertz CT molecular complexity index is 211. The Morgan fingerprint density at radius 1 is 1.40 bits per heavy atom. The molecule has 0 bridgehead atoms. The van der Waals surface area contributed by atoms with E-state index in [2.05, 4.69) is 0 Å². The van der Waals surface area contributed by atoms with Gasteiger partial charge in [-0.2, -0.15) is 0 Å². The summed E-state index contributed by atoms with van der Waals surface area (Å²) in [5, 5.41) is 0.688. The van der Waals surface area contributed by atoms with Gasteiger partial charge < -0.3 is 0 Å². The number of hydrogen-bond donors (Lipinski definition) is 0. The number of rotatable bonds is 0. The van der Waals surface area contributed by atoms with Crippen LogP contribution in [0.1, 0.15) is 6.92 Å². The molecule has 0 spiro atoms. The first kappa shape index (κ1) is 7.90. The molecule has 1 rings (SSSR count). The van der Waals surface area contributed by atoms with Gasteiger partial charge in [0, 0.05) is 5.03 Å². The van der Waals surface area contributed by atoms with Crippen LogP contribution in [0.4, 0.5) is 0 Å². The summed E-state index contributed by atoms with van der Waals surface area (Å²) in [5.74, 6) is 0. The Hall–Kier alpha value is -0.200. The lowest BCUT2D eigenvalue weighted by Crippen LogP contribution is -1.94. The van der Waals surface area contributed by atoms with Crippen LogP contribution in [0.5, 0.6) is 0 Å². The number of allylic oxidation sites excluding steroid dienone is 6. The van der Waals surface area contributed by atoms with Crippen LogP contribution in [-0.2, 0) is 0 Å². The molecule has 10 heavy (non-hydrogen) atoms. The van der Waals surface area contributed by atoms with E-state index in [0.29, 0.717) is 0 Å². The molecule has 54 valence electrons. The van der Waals surface area contributed by atoms with Crippen molar-refractivity contribution < 1.29 is 0 Å². The predicted octanol–water partition coefficient (Wildman–Crippen LogP) is 3.23. The van der Waals surface area contributed by atoms with Crippen LogP contribution in [0.25, 0.3) is 0 Å². The van der Waals surface area contributed by atoms with Crippen molar-refractivity contribution in [3.63, 3.8) is 0 Å². The summed E-state index contributed by atoms with van der Waals surface area (Å²) < 4.78 is 0. The Balaban J connectivity index is 2.96. The number of alkyl halides is 1. The largest absolute Gasteiger partial charge is 0.114 e. The van der Waals surface area contributed by atoms with Gasteiger partial charge in [0.15, 0.2) is 0 Å². The lowest BCUT2D eigenvalue weighted by Gasteiger charge is -2.02. The molecule has 0 fully saturated rings. The van der Waals surface area contributed by atoms with Crippen molar-refractivity contribution in [2.24, 2.45) is 0 Å². The van der Waals surface area contributed by atoms with Gasteiger partial charge in [0.25, 0.3) is 0 Å². The van der Waals surface area contributed by atoms with E-state index in [9.17, 15) is 0 Å². The van der Waals surface area contributed by atoms with Crippen LogP contribution in [0.3, 0.4) is 0 Å². The molecule has 0 N–H and O–H groups in total. The normalized spacial score (nSPS) is 25.3. The van der Waals surface area contributed by atoms with Gasteiger partial charge in [-0.25, -0.2) is 0 Å². The molecule has 0 heterocycles. The first-order valence-corrected chi connectivity index (χ1v) is 3.88. The Labute approximate surface area is 70.8 Å². The topological polar surface area (TPSA) is 0 Å². The smallest absolute Gasteiger partial charge is 0.0743 e. The SMILES string of the molecule is CC1=C(Cl)C=CC=CC1Cl. The highest BCUT2D eigenvalue weighted by Gasteiger charge is 2.06. The van der Waals surface area contributed by atoms with Gasteiger partial charge in [-0.05, 0) is 18.6 Å². The van der Waals surface area contributed by atoms with Crippen LogP contribution in [0, 0.1) is 0 Å². The average Bonchev–Trinajstić information content (AvgIpc) is 2.04. The third-order valence-electron chi connectivity index (χ3n) is 1.42. The molecule has 1 aliphatic rings. The quantitative estimate of drug-likeness (QED) is 0.495. The van der Waals surface area contributed by atoms with Gasteiger partial charge in [-0.15, -0.1) is 11.6 Å². The van der Waals surface area contributed by atoms with Gasteiger partial charge in [0.2, 0.25) is 0 Å². The van der Waals surface area contributed by atoms with Gasteiger partial charge in [-0.1, -0.05) is 29.8 Å². The molecule has 1 unspecified atom stereocenters. The lowest BCUT2D eigenvalue weighted by atomic mass is 10.2. The maximum atomic E-state index is 5.90. The standard InChI is InChI=1S/C8H8Cl2/c1-6-7(9)4-2-3-5-8(6)10/h2-5,7H,1H3. The molecule has 0 aromatic rings. The zero-order valence-corrected chi connectivity index (χ0v) is 7.15. The molecular weight excluding hydrogens is 167 g/mol. The first-order valence-electron chi connectivity index (χ1n) is 3.07. The molecule has 0 aromatic carbocycles. The van der Waals surface area contributed by atoms with Crippen molar-refractivity contribution in [2.75, 3.05) is 0 Å². The summed E-state index contributed by atoms with van der Waals surface area (Å²) >= 11 is 11.7. The molecule has 0 saturated heterocycles. The van der Waals surface area contributed by atoms with Crippen molar-refractivity contribution in [1.82, 2.24) is 0 Å². The van der Waals surface area contributed by atoms with Crippen LogP contribution in [0.2, 0.25) is 0 Å². The lowest BCUT2D eigenvalue weighted by molar-refractivity contribution is 1.22. The van der Waals surface area contributed by atoms with E-state index in [1.807, 2.05) is 31.2 Å². The van der Waals surface area contributed by atoms with Crippen molar-refractivity contribution in [1.29, 1.82) is 0 Å². The second-order valence-electron chi connectivity index (χ2n) is 2.18. The van der Waals surface area contributed by atoms with E-state index in [1.54, 1.807) is 0 Å². The van der Waals surface area contributed by atoms with Gasteiger partial charge in [-0.3, -0.25) is 0 Å².